The molecule has 1 atom stereocenters. The molecule has 3 nitrogen and oxygen atoms in total. The van der Waals surface area contributed by atoms with Crippen molar-refractivity contribution in [3.05, 3.63) is 35.9 Å². The molecule has 1 aromatic carbocycles. The third kappa shape index (κ3) is 5.18. The standard InChI is InChI=1S/C11H17NO2S/c13-11(9-12-7-4-8-15-14)10-5-2-1-3-6-10/h1-3,5-6,11-14H,4,7-9H2. The quantitative estimate of drug-likeness (QED) is 0.492. The molecule has 0 saturated carbocycles. The normalized spacial score (nSPS) is 12.7. The lowest BCUT2D eigenvalue weighted by atomic mass is 10.1. The molecule has 0 spiro atoms. The number of rotatable bonds is 7. The molecule has 0 bridgehead atoms. The summed E-state index contributed by atoms with van der Waals surface area (Å²) in [5, 5.41) is 12.9. The van der Waals surface area contributed by atoms with Gasteiger partial charge in [0.25, 0.3) is 0 Å². The lowest BCUT2D eigenvalue weighted by Gasteiger charge is -2.11. The molecule has 0 fully saturated rings. The molecule has 4 heteroatoms. The first-order valence-electron chi connectivity index (χ1n) is 5.04. The monoisotopic (exact) mass is 227 g/mol. The van der Waals surface area contributed by atoms with Gasteiger partial charge < -0.3 is 15.0 Å². The molecule has 1 unspecified atom stereocenters. The Bertz CT molecular complexity index is 256. The topological polar surface area (TPSA) is 52.5 Å². The Labute approximate surface area is 94.7 Å². The van der Waals surface area contributed by atoms with E-state index in [9.17, 15) is 5.11 Å². The van der Waals surface area contributed by atoms with Gasteiger partial charge in [-0.2, -0.15) is 0 Å². The second-order valence-electron chi connectivity index (χ2n) is 3.32. The van der Waals surface area contributed by atoms with Gasteiger partial charge in [0, 0.05) is 12.3 Å². The van der Waals surface area contributed by atoms with Crippen molar-refractivity contribution in [3.63, 3.8) is 0 Å². The summed E-state index contributed by atoms with van der Waals surface area (Å²) in [6, 6.07) is 9.59. The number of hydrogen-bond donors (Lipinski definition) is 3. The van der Waals surface area contributed by atoms with Crippen molar-refractivity contribution in [2.45, 2.75) is 12.5 Å². The van der Waals surface area contributed by atoms with Crippen LogP contribution in [0.1, 0.15) is 18.1 Å². The van der Waals surface area contributed by atoms with E-state index >= 15 is 0 Å². The van der Waals surface area contributed by atoms with E-state index in [0.29, 0.717) is 6.54 Å². The highest BCUT2D eigenvalue weighted by Gasteiger charge is 2.04. The molecule has 3 N–H and O–H groups in total. The van der Waals surface area contributed by atoms with Gasteiger partial charge in [-0.1, -0.05) is 30.3 Å². The maximum absolute atomic E-state index is 9.76. The summed E-state index contributed by atoms with van der Waals surface area (Å²) in [7, 11) is 0. The third-order valence-corrected chi connectivity index (χ3v) is 2.58. The molecular formula is C11H17NO2S. The second kappa shape index (κ2) is 7.70. The van der Waals surface area contributed by atoms with Gasteiger partial charge in [0.15, 0.2) is 0 Å². The van der Waals surface area contributed by atoms with Crippen LogP contribution in [0.15, 0.2) is 30.3 Å². The van der Waals surface area contributed by atoms with Gasteiger partial charge in [0.2, 0.25) is 0 Å². The van der Waals surface area contributed by atoms with Crippen molar-refractivity contribution >= 4 is 12.0 Å². The van der Waals surface area contributed by atoms with Crippen molar-refractivity contribution in [2.75, 3.05) is 18.8 Å². The molecule has 0 saturated heterocycles. The molecule has 0 amide bonds. The van der Waals surface area contributed by atoms with Crippen molar-refractivity contribution in [3.8, 4) is 0 Å². The molecule has 0 aliphatic heterocycles. The first kappa shape index (κ1) is 12.5. The molecule has 0 aliphatic rings. The van der Waals surface area contributed by atoms with E-state index in [2.05, 4.69) is 5.32 Å². The highest BCUT2D eigenvalue weighted by Crippen LogP contribution is 2.10. The van der Waals surface area contributed by atoms with E-state index in [1.165, 1.54) is 0 Å². The van der Waals surface area contributed by atoms with Crippen LogP contribution in [0.5, 0.6) is 0 Å². The number of benzene rings is 1. The minimum atomic E-state index is -0.451. The van der Waals surface area contributed by atoms with Crippen LogP contribution in [0.3, 0.4) is 0 Å². The van der Waals surface area contributed by atoms with Crippen LogP contribution >= 0.6 is 12.0 Å². The maximum Gasteiger partial charge on any atom is 0.0914 e. The number of hydrogen-bond acceptors (Lipinski definition) is 4. The Balaban J connectivity index is 2.16. The van der Waals surface area contributed by atoms with Gasteiger partial charge in [-0.05, 0) is 30.6 Å². The minimum Gasteiger partial charge on any atom is -0.387 e. The van der Waals surface area contributed by atoms with Gasteiger partial charge >= 0.3 is 0 Å². The summed E-state index contributed by atoms with van der Waals surface area (Å²) >= 11 is 0.854. The minimum absolute atomic E-state index is 0.451. The Morgan fingerprint density at radius 3 is 2.67 bits per heavy atom. The number of aliphatic hydroxyl groups excluding tert-OH is 1. The maximum atomic E-state index is 9.76. The van der Waals surface area contributed by atoms with Crippen molar-refractivity contribution in [2.24, 2.45) is 0 Å². The van der Waals surface area contributed by atoms with Gasteiger partial charge in [0.05, 0.1) is 6.10 Å². The highest BCUT2D eigenvalue weighted by molar-refractivity contribution is 7.93. The zero-order valence-electron chi connectivity index (χ0n) is 8.60. The van der Waals surface area contributed by atoms with E-state index in [-0.39, 0.29) is 0 Å². The van der Waals surface area contributed by atoms with Crippen LogP contribution in [0.2, 0.25) is 0 Å². The van der Waals surface area contributed by atoms with E-state index in [4.69, 9.17) is 4.55 Å². The number of aliphatic hydroxyl groups is 1. The smallest absolute Gasteiger partial charge is 0.0914 e. The van der Waals surface area contributed by atoms with Crippen LogP contribution in [-0.4, -0.2) is 28.5 Å². The Morgan fingerprint density at radius 1 is 1.27 bits per heavy atom. The van der Waals surface area contributed by atoms with E-state index in [1.54, 1.807) is 0 Å². The lowest BCUT2D eigenvalue weighted by Crippen LogP contribution is -2.22. The predicted octanol–water partition coefficient (Wildman–Crippen LogP) is 1.91. The summed E-state index contributed by atoms with van der Waals surface area (Å²) in [5.74, 6) is 0.731. The number of nitrogens with one attached hydrogen (secondary N) is 1. The zero-order valence-corrected chi connectivity index (χ0v) is 9.41. The van der Waals surface area contributed by atoms with Gasteiger partial charge in [0.1, 0.15) is 0 Å². The van der Waals surface area contributed by atoms with Crippen molar-refractivity contribution in [1.82, 2.24) is 5.32 Å². The van der Waals surface area contributed by atoms with Gasteiger partial charge in [-0.15, -0.1) is 0 Å². The Kier molecular flexibility index (Phi) is 6.43. The molecule has 0 heterocycles. The predicted molar refractivity (Wildman–Crippen MR) is 64.0 cm³/mol. The summed E-state index contributed by atoms with van der Waals surface area (Å²) in [6.45, 7) is 1.37. The highest BCUT2D eigenvalue weighted by atomic mass is 32.2. The van der Waals surface area contributed by atoms with Crippen molar-refractivity contribution < 1.29 is 9.66 Å². The molecule has 84 valence electrons. The summed E-state index contributed by atoms with van der Waals surface area (Å²) in [5.41, 5.74) is 0.932. The summed E-state index contributed by atoms with van der Waals surface area (Å²) in [6.07, 6.45) is 0.454. The lowest BCUT2D eigenvalue weighted by molar-refractivity contribution is 0.175. The summed E-state index contributed by atoms with van der Waals surface area (Å²) in [4.78, 5) is 0. The van der Waals surface area contributed by atoms with Crippen LogP contribution in [0, 0.1) is 0 Å². The Morgan fingerprint density at radius 2 is 2.00 bits per heavy atom. The fourth-order valence-electron chi connectivity index (χ4n) is 1.29. The molecule has 0 radical (unpaired) electrons. The van der Waals surface area contributed by atoms with Gasteiger partial charge in [-0.3, -0.25) is 0 Å². The molecule has 0 aliphatic carbocycles. The van der Waals surface area contributed by atoms with Crippen molar-refractivity contribution in [1.29, 1.82) is 0 Å². The van der Waals surface area contributed by atoms with Gasteiger partial charge in [-0.25, -0.2) is 0 Å². The zero-order chi connectivity index (χ0) is 10.9. The third-order valence-electron chi connectivity index (χ3n) is 2.11. The van der Waals surface area contributed by atoms with E-state index < -0.39 is 6.10 Å². The Hall–Kier alpha value is -0.550. The largest absolute Gasteiger partial charge is 0.387 e. The molecule has 1 rings (SSSR count). The van der Waals surface area contributed by atoms with Crippen LogP contribution in [-0.2, 0) is 0 Å². The first-order chi connectivity index (χ1) is 7.34. The average molecular weight is 227 g/mol. The molecule has 0 aromatic heterocycles. The first-order valence-corrected chi connectivity index (χ1v) is 5.99. The van der Waals surface area contributed by atoms with E-state index in [1.807, 2.05) is 30.3 Å². The van der Waals surface area contributed by atoms with Crippen LogP contribution < -0.4 is 5.32 Å². The SMILES string of the molecule is OSCCCNCC(O)c1ccccc1. The molecular weight excluding hydrogens is 210 g/mol. The van der Waals surface area contributed by atoms with E-state index in [0.717, 1.165) is 36.3 Å². The molecule has 15 heavy (non-hydrogen) atoms. The van der Waals surface area contributed by atoms with Crippen LogP contribution in [0.25, 0.3) is 0 Å². The van der Waals surface area contributed by atoms with Crippen LogP contribution in [0.4, 0.5) is 0 Å². The molecule has 1 aromatic rings. The second-order valence-corrected chi connectivity index (χ2v) is 3.98. The average Bonchev–Trinajstić information content (AvgIpc) is 2.30. The fourth-order valence-corrected chi connectivity index (χ4v) is 1.57. The summed E-state index contributed by atoms with van der Waals surface area (Å²) < 4.78 is 8.49. The fraction of sp³-hybridized carbons (Fsp3) is 0.455.